The molecule has 4 N–H and O–H groups in total. The molecule has 2 fully saturated rings. The molecule has 3 heterocycles. The standard InChI is InChI=1S/C24H33F2N5O4/c1-23(2)8-5-13-14(22(33)29-35)21(32)15-18(27)16(25)19(17(26)20(15)31(13)23)28-12-6-9-30(10-7-12)11-24(3,4)34/h12,15,20,28,34H,5-11,27H2,1-4H3. The average molecular weight is 494 g/mol. The van der Waals surface area contributed by atoms with Gasteiger partial charge >= 0.3 is 5.91 Å². The summed E-state index contributed by atoms with van der Waals surface area (Å²) in [5.74, 6) is -5.47. The van der Waals surface area contributed by atoms with Crippen LogP contribution in [0, 0.1) is 10.8 Å². The minimum atomic E-state index is -1.46. The Labute approximate surface area is 203 Å². The number of rotatable bonds is 5. The van der Waals surface area contributed by atoms with Gasteiger partial charge in [-0.25, -0.2) is 8.78 Å². The van der Waals surface area contributed by atoms with E-state index in [1.807, 2.05) is 13.8 Å². The molecular formula is C24H33F2N5O4. The zero-order chi connectivity index (χ0) is 25.9. The van der Waals surface area contributed by atoms with Crippen LogP contribution in [0.2, 0.25) is 0 Å². The number of likely N-dealkylation sites (tertiary alicyclic amines) is 1. The number of β-amino-alcohol motifs (C(OH)–C–C–N with tert-alkyl or cyclic N) is 1. The van der Waals surface area contributed by atoms with Gasteiger partial charge in [-0.15, -0.1) is 4.91 Å². The maximum Gasteiger partial charge on any atom is 0.322 e. The molecule has 1 amide bonds. The summed E-state index contributed by atoms with van der Waals surface area (Å²) in [7, 11) is 0. The summed E-state index contributed by atoms with van der Waals surface area (Å²) in [6, 6.07) is -1.43. The third-order valence-corrected chi connectivity index (χ3v) is 7.48. The third kappa shape index (κ3) is 4.40. The van der Waals surface area contributed by atoms with Crippen molar-refractivity contribution in [2.75, 3.05) is 19.6 Å². The molecule has 2 atom stereocenters. The monoisotopic (exact) mass is 493 g/mol. The molecule has 0 aromatic heterocycles. The number of halogens is 2. The van der Waals surface area contributed by atoms with Crippen molar-refractivity contribution in [2.24, 2.45) is 16.8 Å². The Bertz CT molecular complexity index is 1050. The molecule has 1 aliphatic carbocycles. The maximum atomic E-state index is 16.1. The normalized spacial score (nSPS) is 27.9. The summed E-state index contributed by atoms with van der Waals surface area (Å²) in [4.78, 5) is 40.2. The summed E-state index contributed by atoms with van der Waals surface area (Å²) >= 11 is 0. The van der Waals surface area contributed by atoms with Gasteiger partial charge in [-0.05, 0) is 53.4 Å². The second-order valence-corrected chi connectivity index (χ2v) is 11.2. The lowest BCUT2D eigenvalue weighted by Gasteiger charge is -2.48. The number of amides is 1. The van der Waals surface area contributed by atoms with Gasteiger partial charge in [0.1, 0.15) is 17.1 Å². The van der Waals surface area contributed by atoms with Crippen LogP contribution in [0.15, 0.2) is 39.5 Å². The molecule has 0 saturated carbocycles. The molecule has 0 spiro atoms. The van der Waals surface area contributed by atoms with Crippen molar-refractivity contribution < 1.29 is 23.5 Å². The molecule has 0 aromatic rings. The number of nitrogens with one attached hydrogen (secondary N) is 1. The van der Waals surface area contributed by atoms with Crippen LogP contribution in [0.4, 0.5) is 8.78 Å². The summed E-state index contributed by atoms with van der Waals surface area (Å²) in [6.45, 7) is 8.95. The average Bonchev–Trinajstić information content (AvgIpc) is 3.08. The number of Topliss-reactive ketones (excluding diaryl/α,β-unsaturated/α-hetero) is 1. The number of ketones is 1. The van der Waals surface area contributed by atoms with Gasteiger partial charge in [0.15, 0.2) is 11.6 Å². The van der Waals surface area contributed by atoms with Crippen molar-refractivity contribution in [3.63, 3.8) is 0 Å². The molecule has 4 aliphatic rings. The van der Waals surface area contributed by atoms with Gasteiger partial charge in [0.2, 0.25) is 0 Å². The second-order valence-electron chi connectivity index (χ2n) is 11.2. The highest BCUT2D eigenvalue weighted by molar-refractivity contribution is 6.22. The third-order valence-electron chi connectivity index (χ3n) is 7.48. The fourth-order valence-electron chi connectivity index (χ4n) is 5.91. The van der Waals surface area contributed by atoms with Crippen molar-refractivity contribution >= 4 is 11.7 Å². The van der Waals surface area contributed by atoms with E-state index in [4.69, 9.17) is 5.73 Å². The van der Waals surface area contributed by atoms with Gasteiger partial charge in [-0.2, -0.15) is 0 Å². The molecule has 11 heteroatoms. The Balaban J connectivity index is 1.67. The Morgan fingerprint density at radius 2 is 1.91 bits per heavy atom. The Morgan fingerprint density at radius 1 is 1.29 bits per heavy atom. The molecule has 2 unspecified atom stereocenters. The van der Waals surface area contributed by atoms with E-state index in [1.165, 1.54) is 0 Å². The van der Waals surface area contributed by atoms with Crippen molar-refractivity contribution in [3.05, 3.63) is 39.2 Å². The van der Waals surface area contributed by atoms with Gasteiger partial charge in [-0.3, -0.25) is 9.59 Å². The number of piperidine rings is 1. The summed E-state index contributed by atoms with van der Waals surface area (Å²) in [6.07, 6.45) is 2.02. The summed E-state index contributed by atoms with van der Waals surface area (Å²) in [5.41, 5.74) is 3.61. The largest absolute Gasteiger partial charge is 0.399 e. The fourth-order valence-corrected chi connectivity index (χ4v) is 5.91. The van der Waals surface area contributed by atoms with E-state index >= 15 is 8.78 Å². The van der Waals surface area contributed by atoms with Crippen LogP contribution in [0.25, 0.3) is 0 Å². The molecule has 2 saturated heterocycles. The van der Waals surface area contributed by atoms with E-state index in [0.29, 0.717) is 45.3 Å². The predicted molar refractivity (Wildman–Crippen MR) is 125 cm³/mol. The second kappa shape index (κ2) is 8.77. The Kier molecular flexibility index (Phi) is 6.38. The molecule has 0 aromatic carbocycles. The molecular weight excluding hydrogens is 460 g/mol. The lowest BCUT2D eigenvalue weighted by Crippen LogP contribution is -2.57. The van der Waals surface area contributed by atoms with Gasteiger partial charge in [0, 0.05) is 42.1 Å². The number of hydrogen-bond acceptors (Lipinski definition) is 8. The highest BCUT2D eigenvalue weighted by atomic mass is 19.1. The van der Waals surface area contributed by atoms with E-state index in [1.54, 1.807) is 18.7 Å². The summed E-state index contributed by atoms with van der Waals surface area (Å²) < 4.78 is 31.5. The number of aliphatic hydroxyl groups is 1. The molecule has 35 heavy (non-hydrogen) atoms. The zero-order valence-electron chi connectivity index (χ0n) is 20.5. The fraction of sp³-hybridized carbons (Fsp3) is 0.667. The first kappa shape index (κ1) is 25.4. The van der Waals surface area contributed by atoms with E-state index < -0.39 is 57.7 Å². The predicted octanol–water partition coefficient (Wildman–Crippen LogP) is 2.13. The lowest BCUT2D eigenvalue weighted by atomic mass is 9.77. The quantitative estimate of drug-likeness (QED) is 0.393. The maximum absolute atomic E-state index is 16.1. The Morgan fingerprint density at radius 3 is 2.49 bits per heavy atom. The first-order valence-corrected chi connectivity index (χ1v) is 12.0. The van der Waals surface area contributed by atoms with E-state index in [9.17, 15) is 19.6 Å². The lowest BCUT2D eigenvalue weighted by molar-refractivity contribution is -0.125. The molecule has 192 valence electrons. The van der Waals surface area contributed by atoms with E-state index in [2.05, 4.69) is 15.4 Å². The smallest absolute Gasteiger partial charge is 0.322 e. The Hall–Kier alpha value is -2.66. The van der Waals surface area contributed by atoms with Crippen LogP contribution in [0.3, 0.4) is 0 Å². The number of nitroso groups, excluding NO2 is 1. The van der Waals surface area contributed by atoms with Gasteiger partial charge in [-0.1, -0.05) is 0 Å². The number of nitrogens with two attached hydrogens (primary N) is 1. The number of nitrogens with zero attached hydrogens (tertiary/aromatic N) is 3. The number of hydrogen-bond donors (Lipinski definition) is 3. The van der Waals surface area contributed by atoms with Crippen LogP contribution in [-0.4, -0.2) is 69.5 Å². The molecule has 4 rings (SSSR count). The van der Waals surface area contributed by atoms with Gasteiger partial charge < -0.3 is 26.0 Å². The number of allylic oxidation sites excluding steroid dienone is 2. The van der Waals surface area contributed by atoms with Crippen LogP contribution in [0.5, 0.6) is 0 Å². The van der Waals surface area contributed by atoms with Crippen LogP contribution < -0.4 is 11.1 Å². The summed E-state index contributed by atoms with van der Waals surface area (Å²) in [5, 5.41) is 15.4. The number of carbonyl (C=O) groups excluding carboxylic acids is 2. The molecule has 9 nitrogen and oxygen atoms in total. The van der Waals surface area contributed by atoms with Crippen molar-refractivity contribution in [1.29, 1.82) is 0 Å². The van der Waals surface area contributed by atoms with Crippen LogP contribution in [-0.2, 0) is 9.59 Å². The molecule has 0 bridgehead atoms. The van der Waals surface area contributed by atoms with Crippen LogP contribution in [0.1, 0.15) is 53.4 Å². The van der Waals surface area contributed by atoms with Gasteiger partial charge in [0.25, 0.3) is 0 Å². The van der Waals surface area contributed by atoms with Crippen molar-refractivity contribution in [1.82, 2.24) is 15.1 Å². The minimum Gasteiger partial charge on any atom is -0.399 e. The number of carbonyl (C=O) groups is 2. The number of fused-ring (bicyclic) bond motifs is 3. The van der Waals surface area contributed by atoms with Crippen molar-refractivity contribution in [3.8, 4) is 0 Å². The highest BCUT2D eigenvalue weighted by Crippen LogP contribution is 2.50. The molecule has 0 radical (unpaired) electrons. The highest BCUT2D eigenvalue weighted by Gasteiger charge is 2.56. The topological polar surface area (TPSA) is 128 Å². The SMILES string of the molecule is CC(C)(O)CN1CCC(NC2=C(F)C3C(C(=O)C(C(=O)N=O)=C4CCC(C)(C)N43)C(N)=C2F)CC1. The van der Waals surface area contributed by atoms with Gasteiger partial charge in [0.05, 0.1) is 23.3 Å². The first-order valence-electron chi connectivity index (χ1n) is 12.0. The molecule has 3 aliphatic heterocycles. The van der Waals surface area contributed by atoms with E-state index in [-0.39, 0.29) is 17.4 Å². The minimum absolute atomic E-state index is 0.221. The zero-order valence-corrected chi connectivity index (χ0v) is 20.5. The first-order chi connectivity index (χ1) is 16.3. The van der Waals surface area contributed by atoms with Crippen LogP contribution >= 0.6 is 0 Å². The van der Waals surface area contributed by atoms with E-state index in [0.717, 1.165) is 0 Å². The van der Waals surface area contributed by atoms with Crippen molar-refractivity contribution in [2.45, 2.75) is 76.6 Å².